The fourth-order valence-corrected chi connectivity index (χ4v) is 2.38. The molecule has 0 aromatic heterocycles. The molecular weight excluding hydrogens is 326 g/mol. The van der Waals surface area contributed by atoms with E-state index in [4.69, 9.17) is 11.6 Å². The van der Waals surface area contributed by atoms with Crippen molar-refractivity contribution in [2.45, 2.75) is 13.3 Å². The number of halogens is 1. The number of aryl methyl sites for hydroxylation is 1. The first-order valence-electron chi connectivity index (χ1n) is 7.48. The zero-order valence-corrected chi connectivity index (χ0v) is 14.6. The summed E-state index contributed by atoms with van der Waals surface area (Å²) < 4.78 is 0. The molecule has 0 aliphatic rings. The van der Waals surface area contributed by atoms with Gasteiger partial charge >= 0.3 is 0 Å². The largest absolute Gasteiger partial charge is 0.378 e. The lowest BCUT2D eigenvalue weighted by molar-refractivity contribution is -0.123. The molecule has 2 aromatic rings. The van der Waals surface area contributed by atoms with Gasteiger partial charge in [0, 0.05) is 36.2 Å². The van der Waals surface area contributed by atoms with Gasteiger partial charge in [0.2, 0.25) is 11.8 Å². The van der Waals surface area contributed by atoms with Crippen LogP contribution in [0.4, 0.5) is 17.1 Å². The summed E-state index contributed by atoms with van der Waals surface area (Å²) in [5, 5.41) is 6.02. The number of carbonyl (C=O) groups excluding carboxylic acids is 2. The summed E-state index contributed by atoms with van der Waals surface area (Å²) in [7, 11) is 3.88. The molecule has 0 aliphatic heterocycles. The quantitative estimate of drug-likeness (QED) is 0.812. The second-order valence-electron chi connectivity index (χ2n) is 5.67. The Labute approximate surface area is 146 Å². The van der Waals surface area contributed by atoms with Gasteiger partial charge in [-0.3, -0.25) is 9.59 Å². The Balaban J connectivity index is 1.90. The summed E-state index contributed by atoms with van der Waals surface area (Å²) in [6, 6.07) is 12.6. The number of amides is 2. The van der Waals surface area contributed by atoms with E-state index in [2.05, 4.69) is 10.6 Å². The Morgan fingerprint density at radius 3 is 2.21 bits per heavy atom. The van der Waals surface area contributed by atoms with Gasteiger partial charge in [-0.2, -0.15) is 0 Å². The van der Waals surface area contributed by atoms with E-state index < -0.39 is 0 Å². The Kier molecular flexibility index (Phi) is 5.82. The number of hydrogen-bond donors (Lipinski definition) is 2. The zero-order valence-electron chi connectivity index (χ0n) is 13.9. The van der Waals surface area contributed by atoms with Crippen LogP contribution in [0.5, 0.6) is 0 Å². The van der Waals surface area contributed by atoms with E-state index in [1.165, 1.54) is 0 Å². The van der Waals surface area contributed by atoms with E-state index >= 15 is 0 Å². The molecule has 24 heavy (non-hydrogen) atoms. The number of rotatable bonds is 5. The van der Waals surface area contributed by atoms with Crippen LogP contribution in [0, 0.1) is 6.92 Å². The maximum Gasteiger partial charge on any atom is 0.233 e. The molecule has 2 amide bonds. The maximum atomic E-state index is 12.0. The van der Waals surface area contributed by atoms with Gasteiger partial charge < -0.3 is 15.5 Å². The van der Waals surface area contributed by atoms with Gasteiger partial charge in [0.1, 0.15) is 6.42 Å². The Morgan fingerprint density at radius 1 is 1.00 bits per heavy atom. The molecule has 5 nitrogen and oxygen atoms in total. The van der Waals surface area contributed by atoms with E-state index in [1.54, 1.807) is 30.3 Å². The summed E-state index contributed by atoms with van der Waals surface area (Å²) in [6.07, 6.45) is -0.252. The fraction of sp³-hybridized carbons (Fsp3) is 0.222. The normalized spacial score (nSPS) is 10.2. The molecule has 0 saturated carbocycles. The highest BCUT2D eigenvalue weighted by atomic mass is 35.5. The lowest BCUT2D eigenvalue weighted by Gasteiger charge is -2.13. The van der Waals surface area contributed by atoms with Crippen LogP contribution in [0.15, 0.2) is 42.5 Å². The van der Waals surface area contributed by atoms with E-state index in [9.17, 15) is 9.59 Å². The smallest absolute Gasteiger partial charge is 0.233 e. The van der Waals surface area contributed by atoms with Crippen molar-refractivity contribution < 1.29 is 9.59 Å². The van der Waals surface area contributed by atoms with Crippen LogP contribution in [0.1, 0.15) is 12.0 Å². The minimum Gasteiger partial charge on any atom is -0.378 e. The summed E-state index contributed by atoms with van der Waals surface area (Å²) in [5.41, 5.74) is 3.17. The van der Waals surface area contributed by atoms with Crippen molar-refractivity contribution >= 4 is 40.5 Å². The van der Waals surface area contributed by atoms with Crippen molar-refractivity contribution in [2.75, 3.05) is 29.6 Å². The molecule has 2 aromatic carbocycles. The summed E-state index contributed by atoms with van der Waals surface area (Å²) in [5.74, 6) is -0.737. The molecule has 6 heteroatoms. The van der Waals surface area contributed by atoms with Crippen molar-refractivity contribution in [1.29, 1.82) is 0 Å². The van der Waals surface area contributed by atoms with Crippen molar-refractivity contribution in [3.63, 3.8) is 0 Å². The van der Waals surface area contributed by atoms with Crippen LogP contribution >= 0.6 is 11.6 Å². The van der Waals surface area contributed by atoms with Gasteiger partial charge in [-0.25, -0.2) is 0 Å². The lowest BCUT2D eigenvalue weighted by Crippen LogP contribution is -2.21. The number of anilines is 3. The maximum absolute atomic E-state index is 12.0. The first-order chi connectivity index (χ1) is 11.3. The number of hydrogen-bond acceptors (Lipinski definition) is 3. The molecule has 0 radical (unpaired) electrons. The first kappa shape index (κ1) is 17.8. The SMILES string of the molecule is Cc1cc(Cl)ccc1NC(=O)CC(=O)Nc1ccc(N(C)C)cc1. The highest BCUT2D eigenvalue weighted by Gasteiger charge is 2.11. The summed E-state index contributed by atoms with van der Waals surface area (Å²) in [6.45, 7) is 1.84. The molecule has 0 bridgehead atoms. The summed E-state index contributed by atoms with van der Waals surface area (Å²) >= 11 is 5.88. The number of benzene rings is 2. The van der Waals surface area contributed by atoms with E-state index in [1.807, 2.05) is 38.1 Å². The molecular formula is C18H20ClN3O2. The van der Waals surface area contributed by atoms with Crippen molar-refractivity contribution in [3.8, 4) is 0 Å². The molecule has 0 aliphatic carbocycles. The van der Waals surface area contributed by atoms with Crippen molar-refractivity contribution in [3.05, 3.63) is 53.1 Å². The molecule has 0 fully saturated rings. The second kappa shape index (κ2) is 7.84. The Morgan fingerprint density at radius 2 is 1.62 bits per heavy atom. The van der Waals surface area contributed by atoms with Crippen LogP contribution in [-0.2, 0) is 9.59 Å². The molecule has 2 N–H and O–H groups in total. The minimum atomic E-state index is -0.372. The van der Waals surface area contributed by atoms with E-state index in [-0.39, 0.29) is 18.2 Å². The van der Waals surface area contributed by atoms with Crippen molar-refractivity contribution in [1.82, 2.24) is 0 Å². The predicted molar refractivity (Wildman–Crippen MR) is 98.8 cm³/mol. The molecule has 126 valence electrons. The van der Waals surface area contributed by atoms with Crippen LogP contribution in [0.2, 0.25) is 5.02 Å². The minimum absolute atomic E-state index is 0.252. The third-order valence-electron chi connectivity index (χ3n) is 3.45. The highest BCUT2D eigenvalue weighted by Crippen LogP contribution is 2.20. The third kappa shape index (κ3) is 4.99. The van der Waals surface area contributed by atoms with Crippen LogP contribution in [0.3, 0.4) is 0 Å². The number of nitrogens with zero attached hydrogens (tertiary/aromatic N) is 1. The van der Waals surface area contributed by atoms with Gasteiger partial charge in [0.15, 0.2) is 0 Å². The number of carbonyl (C=O) groups is 2. The molecule has 0 unspecified atom stereocenters. The third-order valence-corrected chi connectivity index (χ3v) is 3.69. The van der Waals surface area contributed by atoms with E-state index in [0.29, 0.717) is 16.4 Å². The Hall–Kier alpha value is -2.53. The van der Waals surface area contributed by atoms with Gasteiger partial charge in [-0.05, 0) is 55.0 Å². The van der Waals surface area contributed by atoms with Crippen molar-refractivity contribution in [2.24, 2.45) is 0 Å². The summed E-state index contributed by atoms with van der Waals surface area (Å²) in [4.78, 5) is 25.9. The van der Waals surface area contributed by atoms with Gasteiger partial charge in [-0.15, -0.1) is 0 Å². The lowest BCUT2D eigenvalue weighted by atomic mass is 10.2. The van der Waals surface area contributed by atoms with E-state index in [0.717, 1.165) is 11.3 Å². The average Bonchev–Trinajstić information content (AvgIpc) is 2.50. The molecule has 0 atom stereocenters. The average molecular weight is 346 g/mol. The first-order valence-corrected chi connectivity index (χ1v) is 7.86. The topological polar surface area (TPSA) is 61.4 Å². The predicted octanol–water partition coefficient (Wildman–Crippen LogP) is 3.68. The van der Waals surface area contributed by atoms with Gasteiger partial charge in [0.05, 0.1) is 0 Å². The molecule has 0 saturated heterocycles. The van der Waals surface area contributed by atoms with Gasteiger partial charge in [-0.1, -0.05) is 11.6 Å². The standard InChI is InChI=1S/C18H20ClN3O2/c1-12-10-13(19)4-9-16(12)21-18(24)11-17(23)20-14-5-7-15(8-6-14)22(2)3/h4-10H,11H2,1-3H3,(H,20,23)(H,21,24). The Bertz CT molecular complexity index is 742. The van der Waals surface area contributed by atoms with Crippen LogP contribution in [0.25, 0.3) is 0 Å². The monoisotopic (exact) mass is 345 g/mol. The van der Waals surface area contributed by atoms with Gasteiger partial charge in [0.25, 0.3) is 0 Å². The second-order valence-corrected chi connectivity index (χ2v) is 6.11. The van der Waals surface area contributed by atoms with Crippen LogP contribution < -0.4 is 15.5 Å². The highest BCUT2D eigenvalue weighted by molar-refractivity contribution is 6.30. The number of nitrogens with one attached hydrogen (secondary N) is 2. The molecule has 0 spiro atoms. The van der Waals surface area contributed by atoms with Crippen LogP contribution in [-0.4, -0.2) is 25.9 Å². The zero-order chi connectivity index (χ0) is 17.7. The molecule has 2 rings (SSSR count). The molecule has 0 heterocycles. The fourth-order valence-electron chi connectivity index (χ4n) is 2.16.